The van der Waals surface area contributed by atoms with E-state index in [2.05, 4.69) is 6.58 Å². The van der Waals surface area contributed by atoms with E-state index in [1.54, 1.807) is 13.1 Å². The van der Waals surface area contributed by atoms with Gasteiger partial charge in [0.1, 0.15) is 0 Å². The lowest BCUT2D eigenvalue weighted by atomic mass is 10.2. The van der Waals surface area contributed by atoms with Crippen LogP contribution in [0.1, 0.15) is 5.56 Å². The number of hydrogen-bond donors (Lipinski definition) is 1. The van der Waals surface area contributed by atoms with E-state index in [1.807, 2.05) is 0 Å². The molecule has 1 aliphatic rings. The van der Waals surface area contributed by atoms with Crippen molar-refractivity contribution in [1.29, 1.82) is 0 Å². The highest BCUT2D eigenvalue weighted by molar-refractivity contribution is 7.89. The number of nitrogens with zero attached hydrogens (tertiary/aromatic N) is 2. The molecule has 0 atom stereocenters. The maximum atomic E-state index is 12.5. The molecule has 1 aromatic rings. The van der Waals surface area contributed by atoms with Gasteiger partial charge in [-0.2, -0.15) is 4.31 Å². The monoisotopic (exact) mass is 310 g/mol. The molecule has 1 aromatic carbocycles. The molecule has 0 saturated heterocycles. The van der Waals surface area contributed by atoms with Crippen LogP contribution in [-0.4, -0.2) is 50.5 Å². The van der Waals surface area contributed by atoms with Gasteiger partial charge in [-0.25, -0.2) is 8.42 Å². The lowest BCUT2D eigenvalue weighted by molar-refractivity contribution is -0.117. The van der Waals surface area contributed by atoms with Crippen molar-refractivity contribution in [2.75, 3.05) is 31.6 Å². The van der Waals surface area contributed by atoms with Crippen molar-refractivity contribution < 1.29 is 18.3 Å². The average molecular weight is 310 g/mol. The zero-order valence-corrected chi connectivity index (χ0v) is 12.6. The Hall–Kier alpha value is -1.70. The Morgan fingerprint density at radius 2 is 2.19 bits per heavy atom. The lowest BCUT2D eigenvalue weighted by Crippen LogP contribution is -2.33. The van der Waals surface area contributed by atoms with Crippen molar-refractivity contribution in [2.24, 2.45) is 0 Å². The molecular formula is C14H18N2O4S. The van der Waals surface area contributed by atoms with E-state index < -0.39 is 10.0 Å². The highest BCUT2D eigenvalue weighted by atomic mass is 32.2. The zero-order valence-electron chi connectivity index (χ0n) is 11.8. The Kier molecular flexibility index (Phi) is 4.46. The molecule has 114 valence electrons. The molecule has 2 rings (SSSR count). The molecule has 0 unspecified atom stereocenters. The minimum absolute atomic E-state index is 0.00424. The molecular weight excluding hydrogens is 292 g/mol. The Balaban J connectivity index is 2.40. The van der Waals surface area contributed by atoms with Crippen molar-refractivity contribution in [1.82, 2.24) is 4.31 Å². The van der Waals surface area contributed by atoms with Gasteiger partial charge in [0.15, 0.2) is 0 Å². The van der Waals surface area contributed by atoms with Gasteiger partial charge in [-0.15, -0.1) is 6.58 Å². The van der Waals surface area contributed by atoms with Gasteiger partial charge in [-0.3, -0.25) is 4.79 Å². The zero-order chi connectivity index (χ0) is 15.6. The summed E-state index contributed by atoms with van der Waals surface area (Å²) < 4.78 is 26.2. The first-order valence-electron chi connectivity index (χ1n) is 6.53. The first-order chi connectivity index (χ1) is 9.91. The van der Waals surface area contributed by atoms with E-state index in [0.717, 1.165) is 9.99 Å². The third-order valence-corrected chi connectivity index (χ3v) is 5.31. The fourth-order valence-electron chi connectivity index (χ4n) is 2.32. The normalized spacial score (nSPS) is 14.6. The minimum Gasteiger partial charge on any atom is -0.395 e. The molecule has 7 heteroatoms. The summed E-state index contributed by atoms with van der Waals surface area (Å²) in [6.45, 7) is 3.39. The number of aliphatic hydroxyl groups excluding tert-OH is 1. The van der Waals surface area contributed by atoms with E-state index >= 15 is 0 Å². The van der Waals surface area contributed by atoms with Crippen LogP contribution in [0.4, 0.5) is 5.69 Å². The second-order valence-corrected chi connectivity index (χ2v) is 6.73. The molecule has 0 radical (unpaired) electrons. The molecule has 1 aliphatic heterocycles. The number of benzene rings is 1. The van der Waals surface area contributed by atoms with E-state index in [-0.39, 0.29) is 36.9 Å². The Bertz CT molecular complexity index is 670. The Morgan fingerprint density at radius 3 is 2.81 bits per heavy atom. The summed E-state index contributed by atoms with van der Waals surface area (Å²) in [4.78, 5) is 13.3. The van der Waals surface area contributed by atoms with Gasteiger partial charge >= 0.3 is 0 Å². The summed E-state index contributed by atoms with van der Waals surface area (Å²) >= 11 is 0. The average Bonchev–Trinajstić information content (AvgIpc) is 2.73. The first-order valence-corrected chi connectivity index (χ1v) is 7.97. The summed E-state index contributed by atoms with van der Waals surface area (Å²) in [7, 11) is -2.04. The Morgan fingerprint density at radius 1 is 1.48 bits per heavy atom. The summed E-state index contributed by atoms with van der Waals surface area (Å²) in [6, 6.07) is 4.65. The first kappa shape index (κ1) is 15.7. The van der Waals surface area contributed by atoms with Crippen molar-refractivity contribution in [3.63, 3.8) is 0 Å². The third kappa shape index (κ3) is 2.85. The van der Waals surface area contributed by atoms with Crippen LogP contribution in [0.5, 0.6) is 0 Å². The number of sulfonamides is 1. The van der Waals surface area contributed by atoms with Crippen molar-refractivity contribution in [2.45, 2.75) is 11.3 Å². The van der Waals surface area contributed by atoms with E-state index in [4.69, 9.17) is 5.11 Å². The SMILES string of the molecule is C=CCN(CCO)S(=O)(=O)c1ccc2c(c1)CC(=O)N2C. The minimum atomic E-state index is -3.71. The standard InChI is InChI=1S/C14H18N2O4S/c1-3-6-16(7-8-17)21(19,20)12-4-5-13-11(9-12)10-14(18)15(13)2/h3-5,9,17H,1,6-8,10H2,2H3. The molecule has 6 nitrogen and oxygen atoms in total. The number of amides is 1. The largest absolute Gasteiger partial charge is 0.395 e. The maximum absolute atomic E-state index is 12.5. The summed E-state index contributed by atoms with van der Waals surface area (Å²) in [5.74, 6) is -0.0575. The van der Waals surface area contributed by atoms with E-state index in [9.17, 15) is 13.2 Å². The van der Waals surface area contributed by atoms with E-state index in [0.29, 0.717) is 5.56 Å². The van der Waals surface area contributed by atoms with Gasteiger partial charge in [0.05, 0.1) is 17.9 Å². The number of carbonyl (C=O) groups excluding carboxylic acids is 1. The predicted molar refractivity (Wildman–Crippen MR) is 79.6 cm³/mol. The predicted octanol–water partition coefficient (Wildman–Crippen LogP) is 0.374. The summed E-state index contributed by atoms with van der Waals surface area (Å²) in [5, 5.41) is 9.01. The Labute approximate surface area is 124 Å². The quantitative estimate of drug-likeness (QED) is 0.770. The molecule has 0 saturated carbocycles. The fourth-order valence-corrected chi connectivity index (χ4v) is 3.77. The van der Waals surface area contributed by atoms with Crippen LogP contribution < -0.4 is 4.90 Å². The maximum Gasteiger partial charge on any atom is 0.243 e. The molecule has 0 bridgehead atoms. The molecule has 0 fully saturated rings. The van der Waals surface area contributed by atoms with Crippen LogP contribution in [0.25, 0.3) is 0 Å². The van der Waals surface area contributed by atoms with Gasteiger partial charge in [0.2, 0.25) is 15.9 Å². The number of carbonyl (C=O) groups is 1. The van der Waals surface area contributed by atoms with Crippen LogP contribution in [0.3, 0.4) is 0 Å². The molecule has 0 aliphatic carbocycles. The molecule has 1 heterocycles. The van der Waals surface area contributed by atoms with Gasteiger partial charge < -0.3 is 10.0 Å². The highest BCUT2D eigenvalue weighted by Crippen LogP contribution is 2.30. The van der Waals surface area contributed by atoms with Crippen LogP contribution in [-0.2, 0) is 21.2 Å². The fraction of sp³-hybridized carbons (Fsp3) is 0.357. The number of fused-ring (bicyclic) bond motifs is 1. The molecule has 1 N–H and O–H groups in total. The number of hydrogen-bond acceptors (Lipinski definition) is 4. The van der Waals surface area contributed by atoms with Crippen LogP contribution in [0.15, 0.2) is 35.7 Å². The van der Waals surface area contributed by atoms with Gasteiger partial charge in [-0.05, 0) is 23.8 Å². The smallest absolute Gasteiger partial charge is 0.243 e. The number of anilines is 1. The highest BCUT2D eigenvalue weighted by Gasteiger charge is 2.28. The van der Waals surface area contributed by atoms with Crippen LogP contribution in [0, 0.1) is 0 Å². The second-order valence-electron chi connectivity index (χ2n) is 4.80. The van der Waals surface area contributed by atoms with Gasteiger partial charge in [0, 0.05) is 25.8 Å². The second kappa shape index (κ2) is 5.97. The molecule has 0 spiro atoms. The molecule has 0 aromatic heterocycles. The lowest BCUT2D eigenvalue weighted by Gasteiger charge is -2.20. The van der Waals surface area contributed by atoms with Crippen molar-refractivity contribution in [3.05, 3.63) is 36.4 Å². The number of rotatable bonds is 6. The number of aliphatic hydroxyl groups is 1. The van der Waals surface area contributed by atoms with E-state index in [1.165, 1.54) is 23.1 Å². The van der Waals surface area contributed by atoms with Gasteiger partial charge in [-0.1, -0.05) is 6.08 Å². The number of likely N-dealkylation sites (N-methyl/N-ethyl adjacent to an activating group) is 1. The molecule has 21 heavy (non-hydrogen) atoms. The van der Waals surface area contributed by atoms with Crippen LogP contribution in [0.2, 0.25) is 0 Å². The van der Waals surface area contributed by atoms with Gasteiger partial charge in [0.25, 0.3) is 0 Å². The van der Waals surface area contributed by atoms with Crippen LogP contribution >= 0.6 is 0 Å². The van der Waals surface area contributed by atoms with Crippen molar-refractivity contribution in [3.8, 4) is 0 Å². The summed E-state index contributed by atoms with van der Waals surface area (Å²) in [5.41, 5.74) is 1.43. The van der Waals surface area contributed by atoms with Crippen molar-refractivity contribution >= 4 is 21.6 Å². The topological polar surface area (TPSA) is 77.9 Å². The summed E-state index contributed by atoms with van der Waals surface area (Å²) in [6.07, 6.45) is 1.68. The molecule has 1 amide bonds. The third-order valence-electron chi connectivity index (χ3n) is 3.45.